The van der Waals surface area contributed by atoms with Crippen molar-refractivity contribution in [2.75, 3.05) is 62.2 Å². The predicted molar refractivity (Wildman–Crippen MR) is 254 cm³/mol. The molecule has 10 nitrogen and oxygen atoms in total. The van der Waals surface area contributed by atoms with Crippen LogP contribution in [0.3, 0.4) is 0 Å². The van der Waals surface area contributed by atoms with Crippen LogP contribution in [-0.2, 0) is 30.7 Å². The van der Waals surface area contributed by atoms with Crippen LogP contribution in [0.5, 0.6) is 0 Å². The van der Waals surface area contributed by atoms with Gasteiger partial charge in [0.15, 0.2) is 10.3 Å². The number of alkyl halides is 2. The van der Waals surface area contributed by atoms with Crippen molar-refractivity contribution in [3.05, 3.63) is 129 Å². The van der Waals surface area contributed by atoms with Crippen LogP contribution in [0.4, 0.5) is 10.3 Å². The quantitative estimate of drug-likeness (QED) is 0.125. The van der Waals surface area contributed by atoms with E-state index in [1.54, 1.807) is 55.5 Å². The Labute approximate surface area is 379 Å². The van der Waals surface area contributed by atoms with E-state index in [1.165, 1.54) is 27.8 Å². The second kappa shape index (κ2) is 19.3. The highest BCUT2D eigenvalue weighted by Gasteiger charge is 2.31. The van der Waals surface area contributed by atoms with E-state index in [1.807, 2.05) is 24.3 Å². The Bertz CT molecular complexity index is 2620. The Kier molecular flexibility index (Phi) is 14.3. The van der Waals surface area contributed by atoms with Gasteiger partial charge in [-0.05, 0) is 85.3 Å². The molecule has 6 aromatic rings. The van der Waals surface area contributed by atoms with E-state index < -0.39 is 20.0 Å². The van der Waals surface area contributed by atoms with E-state index in [-0.39, 0.29) is 0 Å². The minimum absolute atomic E-state index is 0.354. The van der Waals surface area contributed by atoms with Crippen LogP contribution < -0.4 is 9.80 Å². The number of piperazine rings is 2. The second-order valence-electron chi connectivity index (χ2n) is 14.9. The van der Waals surface area contributed by atoms with Gasteiger partial charge in [-0.1, -0.05) is 92.5 Å². The van der Waals surface area contributed by atoms with Crippen molar-refractivity contribution in [2.45, 2.75) is 48.1 Å². The van der Waals surface area contributed by atoms with Crippen LogP contribution in [-0.4, -0.2) is 87.8 Å². The molecule has 4 aromatic carbocycles. The van der Waals surface area contributed by atoms with Gasteiger partial charge in [-0.25, -0.2) is 26.8 Å². The van der Waals surface area contributed by atoms with Crippen LogP contribution >= 0.6 is 54.5 Å². The number of benzene rings is 4. The van der Waals surface area contributed by atoms with Gasteiger partial charge >= 0.3 is 0 Å². The minimum atomic E-state index is -3.47. The van der Waals surface area contributed by atoms with E-state index in [4.69, 9.17) is 9.97 Å². The fraction of sp³-hybridized carbons (Fsp3) is 0.318. The number of aromatic nitrogens is 2. The molecule has 2 aliphatic rings. The summed E-state index contributed by atoms with van der Waals surface area (Å²) in [5, 5.41) is 7.51. The van der Waals surface area contributed by atoms with Crippen molar-refractivity contribution >= 4 is 84.8 Å². The maximum Gasteiger partial charge on any atom is 0.243 e. The Hall–Kier alpha value is -3.48. The predicted octanol–water partition coefficient (Wildman–Crippen LogP) is 9.67. The number of nitrogens with zero attached hydrogens (tertiary/aromatic N) is 6. The molecule has 0 aliphatic carbocycles. The maximum absolute atomic E-state index is 13.0. The van der Waals surface area contributed by atoms with Crippen molar-refractivity contribution in [3.63, 3.8) is 0 Å². The number of rotatable bonds is 10. The number of hydrogen-bond acceptors (Lipinski definition) is 10. The van der Waals surface area contributed by atoms with Crippen molar-refractivity contribution in [2.24, 2.45) is 0 Å². The number of hydrogen-bond donors (Lipinski definition) is 0. The van der Waals surface area contributed by atoms with Gasteiger partial charge in [0.25, 0.3) is 0 Å². The first-order valence-electron chi connectivity index (χ1n) is 19.6. The fourth-order valence-electron chi connectivity index (χ4n) is 7.34. The molecule has 2 saturated heterocycles. The van der Waals surface area contributed by atoms with Crippen LogP contribution in [0, 0.1) is 27.7 Å². The number of anilines is 2. The first-order valence-corrected chi connectivity index (χ1v) is 26.5. The van der Waals surface area contributed by atoms with Crippen molar-refractivity contribution < 1.29 is 16.8 Å². The van der Waals surface area contributed by atoms with E-state index >= 15 is 0 Å². The lowest BCUT2D eigenvalue weighted by molar-refractivity contribution is 0.384. The molecular weight excluding hydrogens is 965 g/mol. The summed E-state index contributed by atoms with van der Waals surface area (Å²) >= 11 is 10.0. The van der Waals surface area contributed by atoms with Gasteiger partial charge in [-0.15, -0.1) is 22.7 Å². The van der Waals surface area contributed by atoms with Gasteiger partial charge in [0, 0.05) is 84.9 Å². The van der Waals surface area contributed by atoms with E-state index in [0.717, 1.165) is 38.3 Å². The van der Waals surface area contributed by atoms with Crippen LogP contribution in [0.25, 0.3) is 22.5 Å². The molecule has 4 heterocycles. The molecule has 2 aliphatic heterocycles. The lowest BCUT2D eigenvalue weighted by Gasteiger charge is -2.33. The highest BCUT2D eigenvalue weighted by Crippen LogP contribution is 2.34. The average Bonchev–Trinajstić information content (AvgIpc) is 3.96. The van der Waals surface area contributed by atoms with Gasteiger partial charge < -0.3 is 9.80 Å². The lowest BCUT2D eigenvalue weighted by Crippen LogP contribution is -2.48. The molecule has 2 aromatic heterocycles. The topological polar surface area (TPSA) is 107 Å². The summed E-state index contributed by atoms with van der Waals surface area (Å²) in [5.41, 5.74) is 11.4. The number of thiazole rings is 2. The largest absolute Gasteiger partial charge is 0.345 e. The summed E-state index contributed by atoms with van der Waals surface area (Å²) in [7, 11) is -6.93. The monoisotopic (exact) mass is 1010 g/mol. The third kappa shape index (κ3) is 9.76. The van der Waals surface area contributed by atoms with E-state index in [2.05, 4.69) is 117 Å². The van der Waals surface area contributed by atoms with Gasteiger partial charge in [0.05, 0.1) is 21.2 Å². The molecule has 0 N–H and O–H groups in total. The van der Waals surface area contributed by atoms with Gasteiger partial charge in [0.1, 0.15) is 0 Å². The standard InChI is InChI=1S/2C22H24BrN3O2S2/c1-16-4-3-5-20(17(16)2)21-15-29-22(24-21)25-10-12-26(13-11-25)30(27,28)19-8-6-18(14-23)7-9-19;1-16-4-3-5-17(2)21(16)20-15-29-22(24-20)25-10-12-26(13-11-25)30(27,28)19-8-6-18(14-23)7-9-19/h2*3-9,15H,10-14H2,1-2H3. The van der Waals surface area contributed by atoms with Crippen molar-refractivity contribution in [1.82, 2.24) is 18.6 Å². The van der Waals surface area contributed by atoms with Crippen LogP contribution in [0.2, 0.25) is 0 Å². The van der Waals surface area contributed by atoms with E-state index in [9.17, 15) is 16.8 Å². The summed E-state index contributed by atoms with van der Waals surface area (Å²) in [6.45, 7) is 12.8. The summed E-state index contributed by atoms with van der Waals surface area (Å²) in [6.07, 6.45) is 0. The van der Waals surface area contributed by atoms with Gasteiger partial charge in [-0.2, -0.15) is 8.61 Å². The number of aryl methyl sites for hydroxylation is 3. The molecule has 16 heteroatoms. The first kappa shape index (κ1) is 44.6. The van der Waals surface area contributed by atoms with Crippen molar-refractivity contribution in [3.8, 4) is 22.5 Å². The Balaban J connectivity index is 0.000000181. The van der Waals surface area contributed by atoms with E-state index in [0.29, 0.717) is 72.8 Å². The third-order valence-corrected chi connectivity index (χ3v) is 18.0. The number of sulfonamides is 2. The Morgan fingerprint density at radius 2 is 0.933 bits per heavy atom. The second-order valence-corrected chi connectivity index (χ2v) is 21.6. The average molecular weight is 1010 g/mol. The Morgan fingerprint density at radius 3 is 1.38 bits per heavy atom. The highest BCUT2D eigenvalue weighted by atomic mass is 79.9. The molecule has 0 unspecified atom stereocenters. The van der Waals surface area contributed by atoms with Crippen LogP contribution in [0.1, 0.15) is 33.4 Å². The number of halogens is 2. The molecular formula is C44H48Br2N6O4S4. The fourth-order valence-corrected chi connectivity index (χ4v) is 12.7. The molecule has 0 saturated carbocycles. The van der Waals surface area contributed by atoms with Crippen LogP contribution in [0.15, 0.2) is 105 Å². The maximum atomic E-state index is 13.0. The summed E-state index contributed by atoms with van der Waals surface area (Å²) in [5.74, 6) is 0. The normalized spacial score (nSPS) is 15.5. The zero-order chi connectivity index (χ0) is 42.6. The van der Waals surface area contributed by atoms with Gasteiger partial charge in [0.2, 0.25) is 20.0 Å². The molecule has 0 bridgehead atoms. The molecule has 0 amide bonds. The molecule has 0 spiro atoms. The molecule has 2 fully saturated rings. The zero-order valence-electron chi connectivity index (χ0n) is 34.0. The SMILES string of the molecule is Cc1cccc(-c2csc(N3CCN(S(=O)(=O)c4ccc(CBr)cc4)CC3)n2)c1C.Cc1cccc(C)c1-c1csc(N2CCN(S(=O)(=O)c3ccc(CBr)cc3)CC2)n1. The summed E-state index contributed by atoms with van der Waals surface area (Å²) in [6, 6.07) is 26.7. The highest BCUT2D eigenvalue weighted by molar-refractivity contribution is 9.08. The molecule has 8 rings (SSSR count). The molecule has 316 valence electrons. The summed E-state index contributed by atoms with van der Waals surface area (Å²) < 4.78 is 55.0. The third-order valence-electron chi connectivity index (χ3n) is 11.1. The Morgan fingerprint density at radius 1 is 0.533 bits per heavy atom. The van der Waals surface area contributed by atoms with Gasteiger partial charge in [-0.3, -0.25) is 0 Å². The summed E-state index contributed by atoms with van der Waals surface area (Å²) in [4.78, 5) is 14.8. The zero-order valence-corrected chi connectivity index (χ0v) is 40.5. The first-order chi connectivity index (χ1) is 28.8. The van der Waals surface area contributed by atoms with Crippen molar-refractivity contribution in [1.29, 1.82) is 0 Å². The lowest BCUT2D eigenvalue weighted by atomic mass is 10.0. The molecule has 0 atom stereocenters. The molecule has 60 heavy (non-hydrogen) atoms. The smallest absolute Gasteiger partial charge is 0.243 e. The minimum Gasteiger partial charge on any atom is -0.345 e. The molecule has 0 radical (unpaired) electrons.